The van der Waals surface area contributed by atoms with Crippen LogP contribution < -0.4 is 4.72 Å². The number of thioether (sulfide) groups is 1. The molecule has 0 aliphatic heterocycles. The van der Waals surface area contributed by atoms with E-state index in [4.69, 9.17) is 6.42 Å². The Morgan fingerprint density at radius 2 is 2.22 bits per heavy atom. The Bertz CT molecular complexity index is 555. The normalized spacial score (nSPS) is 11.2. The zero-order valence-electron chi connectivity index (χ0n) is 9.32. The molecule has 0 fully saturated rings. The molecule has 0 aliphatic carbocycles. The summed E-state index contributed by atoms with van der Waals surface area (Å²) in [7, 11) is -3.62. The summed E-state index contributed by atoms with van der Waals surface area (Å²) in [5.41, 5.74) is 0. The number of hydrogen-bond acceptors (Lipinski definition) is 3. The molecule has 0 atom stereocenters. The van der Waals surface area contributed by atoms with Gasteiger partial charge in [0.1, 0.15) is 5.82 Å². The van der Waals surface area contributed by atoms with Crippen LogP contribution in [0.2, 0.25) is 0 Å². The molecular formula is C11H11BrFNO2S2. The van der Waals surface area contributed by atoms with Gasteiger partial charge in [0.2, 0.25) is 10.0 Å². The Balaban J connectivity index is 2.66. The summed E-state index contributed by atoms with van der Waals surface area (Å²) in [6.45, 7) is 0.276. The molecule has 98 valence electrons. The van der Waals surface area contributed by atoms with Gasteiger partial charge in [-0.3, -0.25) is 0 Å². The molecule has 0 heterocycles. The third-order valence-corrected chi connectivity index (χ3v) is 5.21. The van der Waals surface area contributed by atoms with Crippen LogP contribution in [0.3, 0.4) is 0 Å². The fourth-order valence-corrected chi connectivity index (χ4v) is 3.87. The maximum Gasteiger partial charge on any atom is 0.241 e. The molecule has 0 saturated carbocycles. The molecule has 0 amide bonds. The molecule has 3 nitrogen and oxygen atoms in total. The van der Waals surface area contributed by atoms with Crippen LogP contribution in [0.5, 0.6) is 0 Å². The van der Waals surface area contributed by atoms with E-state index in [2.05, 4.69) is 26.6 Å². The van der Waals surface area contributed by atoms with E-state index in [-0.39, 0.29) is 15.9 Å². The van der Waals surface area contributed by atoms with E-state index in [0.717, 1.165) is 12.1 Å². The number of hydrogen-bond donors (Lipinski definition) is 1. The number of halogens is 2. The highest BCUT2D eigenvalue weighted by atomic mass is 79.9. The van der Waals surface area contributed by atoms with Crippen LogP contribution in [0.4, 0.5) is 4.39 Å². The summed E-state index contributed by atoms with van der Waals surface area (Å²) in [6, 6.07) is 3.43. The molecule has 0 saturated heterocycles. The van der Waals surface area contributed by atoms with Crippen molar-refractivity contribution in [2.75, 3.05) is 18.1 Å². The van der Waals surface area contributed by atoms with Gasteiger partial charge in [0.15, 0.2) is 0 Å². The first-order valence-corrected chi connectivity index (χ1v) is 8.36. The predicted octanol–water partition coefficient (Wildman–Crippen LogP) is 2.23. The summed E-state index contributed by atoms with van der Waals surface area (Å²) in [5.74, 6) is 3.08. The fourth-order valence-electron chi connectivity index (χ4n) is 1.15. The van der Waals surface area contributed by atoms with Gasteiger partial charge in [0.05, 0.1) is 10.6 Å². The average molecular weight is 352 g/mol. The Hall–Kier alpha value is -0.550. The number of sulfonamides is 1. The minimum Gasteiger partial charge on any atom is -0.210 e. The maximum atomic E-state index is 12.9. The predicted molar refractivity (Wildman–Crippen MR) is 75.4 cm³/mol. The van der Waals surface area contributed by atoms with Gasteiger partial charge in [0, 0.05) is 16.8 Å². The van der Waals surface area contributed by atoms with E-state index in [1.54, 1.807) is 0 Å². The highest BCUT2D eigenvalue weighted by Crippen LogP contribution is 2.22. The monoisotopic (exact) mass is 351 g/mol. The van der Waals surface area contributed by atoms with E-state index in [9.17, 15) is 12.8 Å². The van der Waals surface area contributed by atoms with E-state index in [0.29, 0.717) is 11.5 Å². The summed E-state index contributed by atoms with van der Waals surface area (Å²) in [4.78, 5) is 0.0193. The van der Waals surface area contributed by atoms with Crippen LogP contribution in [0.25, 0.3) is 0 Å². The van der Waals surface area contributed by atoms with E-state index in [1.807, 2.05) is 0 Å². The largest absolute Gasteiger partial charge is 0.241 e. The van der Waals surface area contributed by atoms with E-state index in [1.165, 1.54) is 17.8 Å². The van der Waals surface area contributed by atoms with Crippen molar-refractivity contribution in [2.24, 2.45) is 0 Å². The van der Waals surface area contributed by atoms with Crippen molar-refractivity contribution < 1.29 is 12.8 Å². The van der Waals surface area contributed by atoms with Crippen molar-refractivity contribution in [2.45, 2.75) is 4.90 Å². The first-order chi connectivity index (χ1) is 8.47. The molecule has 0 radical (unpaired) electrons. The molecule has 0 unspecified atom stereocenters. The zero-order chi connectivity index (χ0) is 13.6. The van der Waals surface area contributed by atoms with Crippen molar-refractivity contribution in [3.63, 3.8) is 0 Å². The van der Waals surface area contributed by atoms with Crippen molar-refractivity contribution in [1.29, 1.82) is 0 Å². The standard InChI is InChI=1S/C11H11BrFNO2S2/c1-2-6-17-7-5-14-18(15,16)11-4-3-9(13)8-10(11)12/h1,3-4,8,14H,5-7H2. The second-order valence-electron chi connectivity index (χ2n) is 3.23. The third-order valence-electron chi connectivity index (χ3n) is 1.91. The van der Waals surface area contributed by atoms with Gasteiger partial charge in [-0.25, -0.2) is 17.5 Å². The molecule has 0 spiro atoms. The lowest BCUT2D eigenvalue weighted by atomic mass is 10.3. The van der Waals surface area contributed by atoms with Crippen molar-refractivity contribution in [3.8, 4) is 12.3 Å². The summed E-state index contributed by atoms with van der Waals surface area (Å²) in [6.07, 6.45) is 5.07. The quantitative estimate of drug-likeness (QED) is 0.631. The van der Waals surface area contributed by atoms with Gasteiger partial charge in [-0.1, -0.05) is 5.92 Å². The minimum atomic E-state index is -3.62. The van der Waals surface area contributed by atoms with E-state index < -0.39 is 15.8 Å². The summed E-state index contributed by atoms with van der Waals surface area (Å²) < 4.78 is 39.3. The van der Waals surface area contributed by atoms with Crippen LogP contribution in [0.15, 0.2) is 27.6 Å². The van der Waals surface area contributed by atoms with E-state index >= 15 is 0 Å². The molecule has 7 heteroatoms. The second kappa shape index (κ2) is 7.14. The summed E-state index contributed by atoms with van der Waals surface area (Å²) >= 11 is 4.49. The highest BCUT2D eigenvalue weighted by molar-refractivity contribution is 9.10. The Morgan fingerprint density at radius 1 is 1.50 bits per heavy atom. The first kappa shape index (κ1) is 15.5. The number of benzene rings is 1. The fraction of sp³-hybridized carbons (Fsp3) is 0.273. The van der Waals surface area contributed by atoms with Gasteiger partial charge in [-0.05, 0) is 34.1 Å². The van der Waals surface area contributed by atoms with Crippen molar-refractivity contribution in [1.82, 2.24) is 4.72 Å². The summed E-state index contributed by atoms with van der Waals surface area (Å²) in [5, 5.41) is 0. The number of rotatable bonds is 6. The Kier molecular flexibility index (Phi) is 6.15. The molecule has 1 N–H and O–H groups in total. The molecule has 1 rings (SSSR count). The number of terminal acetylenes is 1. The van der Waals surface area contributed by atoms with Crippen LogP contribution in [0.1, 0.15) is 0 Å². The van der Waals surface area contributed by atoms with Gasteiger partial charge >= 0.3 is 0 Å². The molecule has 18 heavy (non-hydrogen) atoms. The van der Waals surface area contributed by atoms with Crippen molar-refractivity contribution >= 4 is 37.7 Å². The SMILES string of the molecule is C#CCSCCNS(=O)(=O)c1ccc(F)cc1Br. The number of nitrogens with one attached hydrogen (secondary N) is 1. The molecule has 0 aliphatic rings. The van der Waals surface area contributed by atoms with Crippen LogP contribution in [-0.2, 0) is 10.0 Å². The second-order valence-corrected chi connectivity index (χ2v) is 6.92. The maximum absolute atomic E-state index is 12.9. The Morgan fingerprint density at radius 3 is 2.83 bits per heavy atom. The lowest BCUT2D eigenvalue weighted by Gasteiger charge is -2.08. The molecule has 1 aromatic carbocycles. The van der Waals surface area contributed by atoms with Crippen LogP contribution in [0, 0.1) is 18.2 Å². The Labute approximate surface area is 119 Å². The van der Waals surface area contributed by atoms with Gasteiger partial charge in [0.25, 0.3) is 0 Å². The van der Waals surface area contributed by atoms with Crippen LogP contribution >= 0.6 is 27.7 Å². The molecule has 0 aromatic heterocycles. The van der Waals surface area contributed by atoms with Crippen LogP contribution in [-0.4, -0.2) is 26.5 Å². The lowest BCUT2D eigenvalue weighted by molar-refractivity contribution is 0.582. The van der Waals surface area contributed by atoms with Crippen molar-refractivity contribution in [3.05, 3.63) is 28.5 Å². The zero-order valence-corrected chi connectivity index (χ0v) is 12.5. The average Bonchev–Trinajstić information content (AvgIpc) is 2.28. The first-order valence-electron chi connectivity index (χ1n) is 4.93. The van der Waals surface area contributed by atoms with Gasteiger partial charge in [-0.15, -0.1) is 18.2 Å². The molecule has 0 bridgehead atoms. The van der Waals surface area contributed by atoms with Gasteiger partial charge in [-0.2, -0.15) is 0 Å². The third kappa shape index (κ3) is 4.61. The van der Waals surface area contributed by atoms with Gasteiger partial charge < -0.3 is 0 Å². The lowest BCUT2D eigenvalue weighted by Crippen LogP contribution is -2.26. The minimum absolute atomic E-state index is 0.0193. The smallest absolute Gasteiger partial charge is 0.210 e. The molecular weight excluding hydrogens is 341 g/mol. The molecule has 1 aromatic rings. The topological polar surface area (TPSA) is 46.2 Å². The highest BCUT2D eigenvalue weighted by Gasteiger charge is 2.17.